The molecule has 1 atom stereocenters. The Kier molecular flexibility index (Phi) is 3.99. The molecule has 2 rings (SSSR count). The van der Waals surface area contributed by atoms with Crippen LogP contribution in [0.2, 0.25) is 0 Å². The Morgan fingerprint density at radius 2 is 2.06 bits per heavy atom. The molecule has 0 unspecified atom stereocenters. The van der Waals surface area contributed by atoms with E-state index in [2.05, 4.69) is 10.6 Å². The number of amides is 2. The molecule has 2 saturated heterocycles. The van der Waals surface area contributed by atoms with Crippen molar-refractivity contribution < 1.29 is 9.59 Å². The number of carbonyl (C=O) groups excluding carboxylic acids is 2. The topological polar surface area (TPSA) is 61.4 Å². The van der Waals surface area contributed by atoms with Crippen LogP contribution in [0.4, 0.5) is 0 Å². The average Bonchev–Trinajstić information content (AvgIpc) is 2.34. The molecule has 2 aliphatic heterocycles. The van der Waals surface area contributed by atoms with E-state index in [1.54, 1.807) is 11.8 Å². The van der Waals surface area contributed by atoms with Crippen molar-refractivity contribution in [3.63, 3.8) is 0 Å². The molecule has 5 heteroatoms. The normalized spacial score (nSPS) is 26.8. The lowest BCUT2D eigenvalue weighted by atomic mass is 9.93. The van der Waals surface area contributed by atoms with Crippen molar-refractivity contribution in [3.8, 4) is 0 Å². The number of nitrogens with one attached hydrogen (secondary N) is 2. The molecule has 0 radical (unpaired) electrons. The van der Waals surface area contributed by atoms with E-state index < -0.39 is 0 Å². The van der Waals surface area contributed by atoms with Gasteiger partial charge in [-0.25, -0.2) is 0 Å². The van der Waals surface area contributed by atoms with Crippen LogP contribution in [0.5, 0.6) is 0 Å². The lowest BCUT2D eigenvalue weighted by molar-refractivity contribution is -0.143. The SMILES string of the molecule is C[C@@H]1C(=O)NCCN1C(=O)CC1CCNCC1. The summed E-state index contributed by atoms with van der Waals surface area (Å²) in [5.74, 6) is 0.593. The smallest absolute Gasteiger partial charge is 0.242 e. The highest BCUT2D eigenvalue weighted by atomic mass is 16.2. The highest BCUT2D eigenvalue weighted by Gasteiger charge is 2.30. The van der Waals surface area contributed by atoms with E-state index >= 15 is 0 Å². The van der Waals surface area contributed by atoms with Crippen molar-refractivity contribution in [1.29, 1.82) is 0 Å². The number of rotatable bonds is 2. The second-order valence-electron chi connectivity index (χ2n) is 4.95. The maximum Gasteiger partial charge on any atom is 0.242 e. The van der Waals surface area contributed by atoms with Gasteiger partial charge in [-0.1, -0.05) is 0 Å². The predicted molar refractivity (Wildman–Crippen MR) is 64.4 cm³/mol. The molecule has 96 valence electrons. The molecule has 2 aliphatic rings. The summed E-state index contributed by atoms with van der Waals surface area (Å²) in [4.78, 5) is 25.4. The maximum absolute atomic E-state index is 12.1. The lowest BCUT2D eigenvalue weighted by Gasteiger charge is -2.34. The molecule has 0 aromatic carbocycles. The Morgan fingerprint density at radius 1 is 1.35 bits per heavy atom. The van der Waals surface area contributed by atoms with Crippen LogP contribution in [0.15, 0.2) is 0 Å². The monoisotopic (exact) mass is 239 g/mol. The molecular formula is C12H21N3O2. The largest absolute Gasteiger partial charge is 0.353 e. The summed E-state index contributed by atoms with van der Waals surface area (Å²) in [6.07, 6.45) is 2.74. The summed E-state index contributed by atoms with van der Waals surface area (Å²) in [6.45, 7) is 5.05. The predicted octanol–water partition coefficient (Wildman–Crippen LogP) is -0.277. The molecule has 2 amide bonds. The van der Waals surface area contributed by atoms with E-state index in [4.69, 9.17) is 0 Å². The van der Waals surface area contributed by atoms with Crippen molar-refractivity contribution in [3.05, 3.63) is 0 Å². The summed E-state index contributed by atoms with van der Waals surface area (Å²) in [7, 11) is 0. The second-order valence-corrected chi connectivity index (χ2v) is 4.95. The zero-order valence-corrected chi connectivity index (χ0v) is 10.4. The van der Waals surface area contributed by atoms with E-state index in [1.165, 1.54) is 0 Å². The van der Waals surface area contributed by atoms with Crippen LogP contribution in [0.25, 0.3) is 0 Å². The second kappa shape index (κ2) is 5.49. The fourth-order valence-corrected chi connectivity index (χ4v) is 2.57. The van der Waals surface area contributed by atoms with Gasteiger partial charge in [-0.3, -0.25) is 9.59 Å². The standard InChI is InChI=1S/C12H21N3O2/c1-9-12(17)14-6-7-15(9)11(16)8-10-2-4-13-5-3-10/h9-10,13H,2-8H2,1H3,(H,14,17)/t9-/m1/s1. The number of piperazine rings is 1. The molecule has 5 nitrogen and oxygen atoms in total. The fraction of sp³-hybridized carbons (Fsp3) is 0.833. The van der Waals surface area contributed by atoms with E-state index in [0.717, 1.165) is 25.9 Å². The van der Waals surface area contributed by atoms with E-state index in [9.17, 15) is 9.59 Å². The van der Waals surface area contributed by atoms with Crippen LogP contribution in [0.3, 0.4) is 0 Å². The minimum absolute atomic E-state index is 0.0325. The van der Waals surface area contributed by atoms with Gasteiger partial charge in [-0.15, -0.1) is 0 Å². The van der Waals surface area contributed by atoms with Crippen molar-refractivity contribution in [2.24, 2.45) is 5.92 Å². The summed E-state index contributed by atoms with van der Waals surface area (Å²) < 4.78 is 0. The molecule has 0 saturated carbocycles. The lowest BCUT2D eigenvalue weighted by Crippen LogP contribution is -2.56. The van der Waals surface area contributed by atoms with Gasteiger partial charge in [0.1, 0.15) is 6.04 Å². The first kappa shape index (κ1) is 12.4. The van der Waals surface area contributed by atoms with Crippen LogP contribution in [-0.2, 0) is 9.59 Å². The molecule has 2 heterocycles. The van der Waals surface area contributed by atoms with Gasteiger partial charge in [-0.2, -0.15) is 0 Å². The fourth-order valence-electron chi connectivity index (χ4n) is 2.57. The molecule has 2 N–H and O–H groups in total. The van der Waals surface area contributed by atoms with Crippen LogP contribution < -0.4 is 10.6 Å². The summed E-state index contributed by atoms with van der Waals surface area (Å²) in [6, 6.07) is -0.307. The zero-order chi connectivity index (χ0) is 12.3. The Balaban J connectivity index is 1.87. The first-order chi connectivity index (χ1) is 8.18. The van der Waals surface area contributed by atoms with E-state index in [1.807, 2.05) is 0 Å². The minimum atomic E-state index is -0.307. The maximum atomic E-state index is 12.1. The van der Waals surface area contributed by atoms with Gasteiger partial charge in [0, 0.05) is 19.5 Å². The van der Waals surface area contributed by atoms with E-state index in [0.29, 0.717) is 25.4 Å². The Morgan fingerprint density at radius 3 is 2.76 bits per heavy atom. The third kappa shape index (κ3) is 2.97. The van der Waals surface area contributed by atoms with E-state index in [-0.39, 0.29) is 17.9 Å². The first-order valence-corrected chi connectivity index (χ1v) is 6.46. The van der Waals surface area contributed by atoms with Crippen molar-refractivity contribution in [2.75, 3.05) is 26.2 Å². The third-order valence-corrected chi connectivity index (χ3v) is 3.74. The van der Waals surface area contributed by atoms with Crippen molar-refractivity contribution >= 4 is 11.8 Å². The molecule has 0 aromatic rings. The number of carbonyl (C=O) groups is 2. The molecule has 0 bridgehead atoms. The van der Waals surface area contributed by atoms with Crippen LogP contribution in [0.1, 0.15) is 26.2 Å². The van der Waals surface area contributed by atoms with Crippen molar-refractivity contribution in [2.45, 2.75) is 32.2 Å². The Bertz CT molecular complexity index is 300. The van der Waals surface area contributed by atoms with Crippen LogP contribution in [-0.4, -0.2) is 48.9 Å². The average molecular weight is 239 g/mol. The highest BCUT2D eigenvalue weighted by Crippen LogP contribution is 2.18. The van der Waals surface area contributed by atoms with Gasteiger partial charge >= 0.3 is 0 Å². The minimum Gasteiger partial charge on any atom is -0.353 e. The number of nitrogens with zero attached hydrogens (tertiary/aromatic N) is 1. The molecule has 0 aliphatic carbocycles. The first-order valence-electron chi connectivity index (χ1n) is 6.46. The molecule has 0 aromatic heterocycles. The molecule has 0 spiro atoms. The molecular weight excluding hydrogens is 218 g/mol. The van der Waals surface area contributed by atoms with Gasteiger partial charge in [0.2, 0.25) is 11.8 Å². The number of hydrogen-bond acceptors (Lipinski definition) is 3. The molecule has 17 heavy (non-hydrogen) atoms. The summed E-state index contributed by atoms with van der Waals surface area (Å²) >= 11 is 0. The number of piperidine rings is 1. The van der Waals surface area contributed by atoms with Crippen molar-refractivity contribution in [1.82, 2.24) is 15.5 Å². The number of hydrogen-bond donors (Lipinski definition) is 2. The van der Waals surface area contributed by atoms with Gasteiger partial charge in [0.25, 0.3) is 0 Å². The highest BCUT2D eigenvalue weighted by molar-refractivity contribution is 5.88. The van der Waals surface area contributed by atoms with Gasteiger partial charge in [0.15, 0.2) is 0 Å². The van der Waals surface area contributed by atoms with Crippen LogP contribution >= 0.6 is 0 Å². The van der Waals surface area contributed by atoms with Crippen LogP contribution in [0, 0.1) is 5.92 Å². The summed E-state index contributed by atoms with van der Waals surface area (Å²) in [5.41, 5.74) is 0. The zero-order valence-electron chi connectivity index (χ0n) is 10.4. The Hall–Kier alpha value is -1.10. The van der Waals surface area contributed by atoms with Gasteiger partial charge in [-0.05, 0) is 38.8 Å². The van der Waals surface area contributed by atoms with Gasteiger partial charge in [0.05, 0.1) is 0 Å². The van der Waals surface area contributed by atoms with Gasteiger partial charge < -0.3 is 15.5 Å². The molecule has 2 fully saturated rings. The quantitative estimate of drug-likeness (QED) is 0.697. The Labute approximate surface area is 102 Å². The third-order valence-electron chi connectivity index (χ3n) is 3.74. The summed E-state index contributed by atoms with van der Waals surface area (Å²) in [5, 5.41) is 6.07.